The Balaban J connectivity index is 1.32. The third kappa shape index (κ3) is 3.40. The van der Waals surface area contributed by atoms with Crippen LogP contribution in [-0.2, 0) is 6.54 Å². The molecule has 9 heteroatoms. The van der Waals surface area contributed by atoms with Gasteiger partial charge in [-0.05, 0) is 36.8 Å². The van der Waals surface area contributed by atoms with Crippen LogP contribution in [0.3, 0.4) is 0 Å². The number of aromatic amines is 1. The van der Waals surface area contributed by atoms with Gasteiger partial charge in [0.15, 0.2) is 5.82 Å². The number of likely N-dealkylation sites (tertiary alicyclic amines) is 1. The fraction of sp³-hybridized carbons (Fsp3) is 0.529. The number of rotatable bonds is 3. The summed E-state index contributed by atoms with van der Waals surface area (Å²) in [5.41, 5.74) is 0.856. The van der Waals surface area contributed by atoms with Crippen molar-refractivity contribution in [1.29, 1.82) is 0 Å². The molecule has 4 N–H and O–H groups in total. The van der Waals surface area contributed by atoms with Crippen molar-refractivity contribution in [3.63, 3.8) is 0 Å². The predicted molar refractivity (Wildman–Crippen MR) is 91.7 cm³/mol. The summed E-state index contributed by atoms with van der Waals surface area (Å²) in [6, 6.07) is 3.48. The molecule has 1 aliphatic carbocycles. The number of nitrogens with zero attached hydrogens (tertiary/aromatic N) is 4. The van der Waals surface area contributed by atoms with Gasteiger partial charge in [-0.15, -0.1) is 0 Å². The van der Waals surface area contributed by atoms with Gasteiger partial charge in [0.1, 0.15) is 5.82 Å². The molecule has 4 unspecified atom stereocenters. The molecule has 3 heterocycles. The van der Waals surface area contributed by atoms with Crippen molar-refractivity contribution in [3.8, 4) is 11.4 Å². The normalized spacial score (nSPS) is 28.0. The monoisotopic (exact) mass is 358 g/mol. The van der Waals surface area contributed by atoms with Gasteiger partial charge in [0.05, 0.1) is 18.8 Å². The van der Waals surface area contributed by atoms with Gasteiger partial charge in [-0.3, -0.25) is 10.1 Å². The Morgan fingerprint density at radius 1 is 1.19 bits per heavy atom. The average Bonchev–Trinajstić information content (AvgIpc) is 3.28. The maximum atomic E-state index is 12.4. The molecule has 4 rings (SSSR count). The zero-order chi connectivity index (χ0) is 18.1. The van der Waals surface area contributed by atoms with E-state index in [0.717, 1.165) is 5.56 Å². The average molecular weight is 358 g/mol. The van der Waals surface area contributed by atoms with Crippen LogP contribution in [0.25, 0.3) is 11.4 Å². The minimum Gasteiger partial charge on any atom is -0.390 e. The second-order valence-corrected chi connectivity index (χ2v) is 7.03. The Morgan fingerprint density at radius 2 is 1.85 bits per heavy atom. The van der Waals surface area contributed by atoms with Crippen molar-refractivity contribution in [1.82, 2.24) is 30.4 Å². The van der Waals surface area contributed by atoms with E-state index in [1.54, 1.807) is 17.3 Å². The van der Waals surface area contributed by atoms with Crippen LogP contribution in [0, 0.1) is 11.8 Å². The molecule has 9 nitrogen and oxygen atoms in total. The fourth-order valence-electron chi connectivity index (χ4n) is 3.85. The van der Waals surface area contributed by atoms with E-state index >= 15 is 0 Å². The van der Waals surface area contributed by atoms with Crippen molar-refractivity contribution in [3.05, 3.63) is 30.4 Å². The van der Waals surface area contributed by atoms with Crippen molar-refractivity contribution in [2.24, 2.45) is 11.8 Å². The van der Waals surface area contributed by atoms with Gasteiger partial charge in [-0.1, -0.05) is 0 Å². The number of aliphatic hydroxyl groups is 2. The van der Waals surface area contributed by atoms with E-state index in [1.807, 2.05) is 12.1 Å². The molecule has 0 bridgehead atoms. The lowest BCUT2D eigenvalue weighted by Gasteiger charge is -2.31. The Kier molecular flexibility index (Phi) is 4.56. The second-order valence-electron chi connectivity index (χ2n) is 7.03. The summed E-state index contributed by atoms with van der Waals surface area (Å²) in [5.74, 6) is 1.64. The van der Waals surface area contributed by atoms with E-state index in [2.05, 4.69) is 25.5 Å². The van der Waals surface area contributed by atoms with Crippen LogP contribution >= 0.6 is 0 Å². The van der Waals surface area contributed by atoms with Crippen molar-refractivity contribution < 1.29 is 15.0 Å². The maximum Gasteiger partial charge on any atom is 0.317 e. The van der Waals surface area contributed by atoms with Gasteiger partial charge in [-0.2, -0.15) is 5.10 Å². The number of urea groups is 1. The standard InChI is InChI=1S/C17H22N6O3/c24-13-5-11-8-23(9-12(11)6-14(13)25)17(26)19-7-15-20-16(22-21-15)10-1-3-18-4-2-10/h1-4,11-14,24-25H,5-9H2,(H,19,26)(H,20,21,22). The first-order valence-corrected chi connectivity index (χ1v) is 8.80. The highest BCUT2D eigenvalue weighted by atomic mass is 16.3. The minimum absolute atomic E-state index is 0.162. The first-order chi connectivity index (χ1) is 12.6. The molecule has 1 saturated heterocycles. The summed E-state index contributed by atoms with van der Waals surface area (Å²) in [6.45, 7) is 1.48. The van der Waals surface area contributed by atoms with Crippen LogP contribution in [0.2, 0.25) is 0 Å². The number of carbonyl (C=O) groups is 1. The highest BCUT2D eigenvalue weighted by Gasteiger charge is 2.42. The molecule has 0 spiro atoms. The Hall–Kier alpha value is -2.52. The van der Waals surface area contributed by atoms with Gasteiger partial charge in [0.25, 0.3) is 0 Å². The summed E-state index contributed by atoms with van der Waals surface area (Å²) in [5, 5.41) is 29.4. The number of hydrogen-bond acceptors (Lipinski definition) is 6. The first kappa shape index (κ1) is 16.9. The number of carbonyl (C=O) groups excluding carboxylic acids is 1. The number of amides is 2. The summed E-state index contributed by atoms with van der Waals surface area (Å²) in [4.78, 5) is 22.5. The molecule has 1 aliphatic heterocycles. The van der Waals surface area contributed by atoms with Crippen LogP contribution in [0.4, 0.5) is 4.79 Å². The fourth-order valence-corrected chi connectivity index (χ4v) is 3.85. The van der Waals surface area contributed by atoms with Crippen LogP contribution in [0.15, 0.2) is 24.5 Å². The lowest BCUT2D eigenvalue weighted by Crippen LogP contribution is -2.38. The molecule has 2 amide bonds. The zero-order valence-corrected chi connectivity index (χ0v) is 14.2. The largest absolute Gasteiger partial charge is 0.390 e. The Morgan fingerprint density at radius 3 is 2.50 bits per heavy atom. The molecule has 2 fully saturated rings. The highest BCUT2D eigenvalue weighted by Crippen LogP contribution is 2.36. The first-order valence-electron chi connectivity index (χ1n) is 8.80. The Bertz CT molecular complexity index is 749. The van der Waals surface area contributed by atoms with Crippen molar-refractivity contribution in [2.75, 3.05) is 13.1 Å². The van der Waals surface area contributed by atoms with E-state index in [4.69, 9.17) is 0 Å². The van der Waals surface area contributed by atoms with Crippen molar-refractivity contribution >= 4 is 6.03 Å². The quantitative estimate of drug-likeness (QED) is 0.618. The lowest BCUT2D eigenvalue weighted by atomic mass is 9.79. The molecule has 138 valence electrons. The number of aliphatic hydroxyl groups excluding tert-OH is 2. The van der Waals surface area contributed by atoms with Gasteiger partial charge in [-0.25, -0.2) is 9.78 Å². The molecular formula is C17H22N6O3. The van der Waals surface area contributed by atoms with E-state index in [0.29, 0.717) is 37.6 Å². The number of hydrogen-bond donors (Lipinski definition) is 4. The third-order valence-corrected chi connectivity index (χ3v) is 5.27. The summed E-state index contributed by atoms with van der Waals surface area (Å²) >= 11 is 0. The SMILES string of the molecule is O=C(NCc1nc(-c2ccncc2)n[nH]1)N1CC2CC(O)C(O)CC2C1. The van der Waals surface area contributed by atoms with Gasteiger partial charge >= 0.3 is 6.03 Å². The number of aromatic nitrogens is 4. The lowest BCUT2D eigenvalue weighted by molar-refractivity contribution is -0.0372. The molecule has 2 aliphatic rings. The van der Waals surface area contributed by atoms with Crippen LogP contribution in [-0.4, -0.2) is 66.6 Å². The molecule has 2 aromatic heterocycles. The highest BCUT2D eigenvalue weighted by molar-refractivity contribution is 5.74. The summed E-state index contributed by atoms with van der Waals surface area (Å²) in [7, 11) is 0. The second kappa shape index (κ2) is 7.00. The van der Waals surface area contributed by atoms with E-state index < -0.39 is 12.2 Å². The number of fused-ring (bicyclic) bond motifs is 1. The molecule has 0 aromatic carbocycles. The number of pyridine rings is 1. The minimum atomic E-state index is -0.680. The molecule has 26 heavy (non-hydrogen) atoms. The predicted octanol–water partition coefficient (Wildman–Crippen LogP) is 0.140. The smallest absolute Gasteiger partial charge is 0.317 e. The van der Waals surface area contributed by atoms with E-state index in [1.165, 1.54) is 0 Å². The number of nitrogens with one attached hydrogen (secondary N) is 2. The zero-order valence-electron chi connectivity index (χ0n) is 14.2. The molecule has 2 aromatic rings. The molecule has 0 radical (unpaired) electrons. The van der Waals surface area contributed by atoms with Crippen LogP contribution < -0.4 is 5.32 Å². The summed E-state index contributed by atoms with van der Waals surface area (Å²) < 4.78 is 0. The molecule has 1 saturated carbocycles. The molecular weight excluding hydrogens is 336 g/mol. The van der Waals surface area contributed by atoms with E-state index in [9.17, 15) is 15.0 Å². The van der Waals surface area contributed by atoms with Crippen molar-refractivity contribution in [2.45, 2.75) is 31.6 Å². The van der Waals surface area contributed by atoms with Gasteiger partial charge in [0, 0.05) is 31.0 Å². The topological polar surface area (TPSA) is 127 Å². The Labute approximate surface area is 150 Å². The maximum absolute atomic E-state index is 12.4. The van der Waals surface area contributed by atoms with Crippen LogP contribution in [0.5, 0.6) is 0 Å². The molecule has 4 atom stereocenters. The van der Waals surface area contributed by atoms with Crippen LogP contribution in [0.1, 0.15) is 18.7 Å². The van der Waals surface area contributed by atoms with Gasteiger partial charge in [0.2, 0.25) is 0 Å². The van der Waals surface area contributed by atoms with E-state index in [-0.39, 0.29) is 24.4 Å². The third-order valence-electron chi connectivity index (χ3n) is 5.27. The summed E-state index contributed by atoms with van der Waals surface area (Å²) in [6.07, 6.45) is 3.09. The number of H-pyrrole nitrogens is 1. The van der Waals surface area contributed by atoms with Gasteiger partial charge < -0.3 is 20.4 Å².